The number of fused-ring (bicyclic) bond motifs is 4. The zero-order chi connectivity index (χ0) is 18.4. The van der Waals surface area contributed by atoms with Crippen LogP contribution in [0.15, 0.2) is 91.0 Å². The molecule has 0 atom stereocenters. The lowest BCUT2D eigenvalue weighted by molar-refractivity contribution is 0.979. The van der Waals surface area contributed by atoms with E-state index in [4.69, 9.17) is 11.5 Å². The predicted molar refractivity (Wildman–Crippen MR) is 114 cm³/mol. The Morgan fingerprint density at radius 1 is 0.481 bits per heavy atom. The van der Waals surface area contributed by atoms with Crippen molar-refractivity contribution >= 4 is 11.4 Å². The highest BCUT2D eigenvalue weighted by atomic mass is 14.5. The zero-order valence-corrected chi connectivity index (χ0v) is 14.9. The molecular formula is C25H20N2. The topological polar surface area (TPSA) is 52.0 Å². The van der Waals surface area contributed by atoms with Gasteiger partial charge in [0.05, 0.1) is 0 Å². The Kier molecular flexibility index (Phi) is 3.51. The van der Waals surface area contributed by atoms with Gasteiger partial charge in [-0.05, 0) is 63.2 Å². The van der Waals surface area contributed by atoms with E-state index in [0.29, 0.717) is 0 Å². The molecule has 0 aliphatic heterocycles. The highest BCUT2D eigenvalue weighted by molar-refractivity contribution is 6.04. The van der Waals surface area contributed by atoms with Gasteiger partial charge in [-0.25, -0.2) is 0 Å². The third-order valence-corrected chi connectivity index (χ3v) is 5.43. The average molecular weight is 348 g/mol. The van der Waals surface area contributed by atoms with Gasteiger partial charge < -0.3 is 11.5 Å². The molecule has 0 bridgehead atoms. The molecule has 0 fully saturated rings. The van der Waals surface area contributed by atoms with Crippen molar-refractivity contribution in [3.05, 3.63) is 108 Å². The molecular weight excluding hydrogens is 328 g/mol. The fourth-order valence-corrected chi connectivity index (χ4v) is 4.14. The van der Waals surface area contributed by atoms with Gasteiger partial charge in [-0.1, -0.05) is 66.7 Å². The van der Waals surface area contributed by atoms with Crippen LogP contribution in [0, 0.1) is 0 Å². The molecule has 5 rings (SSSR count). The van der Waals surface area contributed by atoms with Crippen LogP contribution >= 0.6 is 0 Å². The molecule has 2 nitrogen and oxygen atoms in total. The summed E-state index contributed by atoms with van der Waals surface area (Å²) < 4.78 is 0. The minimum absolute atomic E-state index is 0.134. The molecule has 4 aromatic rings. The van der Waals surface area contributed by atoms with Crippen molar-refractivity contribution < 1.29 is 0 Å². The summed E-state index contributed by atoms with van der Waals surface area (Å²) in [7, 11) is 0. The van der Waals surface area contributed by atoms with E-state index in [9.17, 15) is 0 Å². The first-order valence-electron chi connectivity index (χ1n) is 9.16. The van der Waals surface area contributed by atoms with E-state index in [2.05, 4.69) is 66.7 Å². The van der Waals surface area contributed by atoms with E-state index in [1.807, 2.05) is 24.3 Å². The van der Waals surface area contributed by atoms with Crippen LogP contribution in [0.4, 0.5) is 11.4 Å². The van der Waals surface area contributed by atoms with Crippen LogP contribution in [0.3, 0.4) is 0 Å². The normalized spacial score (nSPS) is 11.6. The molecule has 130 valence electrons. The summed E-state index contributed by atoms with van der Waals surface area (Å²) in [5.74, 6) is 0.134. The maximum atomic E-state index is 5.94. The minimum Gasteiger partial charge on any atom is -0.399 e. The highest BCUT2D eigenvalue weighted by Crippen LogP contribution is 2.52. The first-order valence-corrected chi connectivity index (χ1v) is 9.16. The van der Waals surface area contributed by atoms with E-state index >= 15 is 0 Å². The lowest BCUT2D eigenvalue weighted by atomic mass is 9.72. The van der Waals surface area contributed by atoms with E-state index in [0.717, 1.165) is 11.4 Å². The molecule has 0 radical (unpaired) electrons. The van der Waals surface area contributed by atoms with Crippen LogP contribution in [0.5, 0.6) is 0 Å². The molecule has 27 heavy (non-hydrogen) atoms. The lowest BCUT2D eigenvalue weighted by Crippen LogP contribution is -2.10. The van der Waals surface area contributed by atoms with Gasteiger partial charge in [0.15, 0.2) is 0 Å². The summed E-state index contributed by atoms with van der Waals surface area (Å²) in [6.07, 6.45) is 0. The average Bonchev–Trinajstić information content (AvgIpc) is 2.69. The SMILES string of the molecule is Nc1ccc(C(c2ccc(N)cc2)c2cccc3c2-c2ccccc2-3)cc1. The van der Waals surface area contributed by atoms with Crippen LogP contribution in [-0.2, 0) is 0 Å². The predicted octanol–water partition coefficient (Wildman–Crippen LogP) is 5.68. The Hall–Kier alpha value is -3.52. The van der Waals surface area contributed by atoms with Crippen molar-refractivity contribution in [1.29, 1.82) is 0 Å². The number of benzene rings is 4. The maximum Gasteiger partial charge on any atom is 0.0346 e. The largest absolute Gasteiger partial charge is 0.399 e. The van der Waals surface area contributed by atoms with Crippen molar-refractivity contribution in [3.63, 3.8) is 0 Å². The smallest absolute Gasteiger partial charge is 0.0346 e. The molecule has 0 saturated carbocycles. The Balaban J connectivity index is 1.72. The Bertz CT molecular complexity index is 1080. The van der Waals surface area contributed by atoms with Gasteiger partial charge in [0, 0.05) is 17.3 Å². The third-order valence-electron chi connectivity index (χ3n) is 5.43. The van der Waals surface area contributed by atoms with Crippen molar-refractivity contribution in [2.24, 2.45) is 0 Å². The van der Waals surface area contributed by atoms with Gasteiger partial charge in [-0.3, -0.25) is 0 Å². The van der Waals surface area contributed by atoms with Crippen molar-refractivity contribution in [1.82, 2.24) is 0 Å². The quantitative estimate of drug-likeness (QED) is 0.325. The molecule has 4 aromatic carbocycles. The van der Waals surface area contributed by atoms with E-state index in [-0.39, 0.29) is 5.92 Å². The number of hydrogen-bond donors (Lipinski definition) is 2. The molecule has 1 aliphatic rings. The van der Waals surface area contributed by atoms with Crippen LogP contribution in [-0.4, -0.2) is 0 Å². The van der Waals surface area contributed by atoms with Crippen LogP contribution in [0.2, 0.25) is 0 Å². The van der Waals surface area contributed by atoms with Crippen molar-refractivity contribution in [2.75, 3.05) is 11.5 Å². The monoisotopic (exact) mass is 348 g/mol. The highest BCUT2D eigenvalue weighted by Gasteiger charge is 2.29. The summed E-state index contributed by atoms with van der Waals surface area (Å²) >= 11 is 0. The molecule has 0 saturated heterocycles. The van der Waals surface area contributed by atoms with Crippen LogP contribution in [0.25, 0.3) is 22.3 Å². The molecule has 0 heterocycles. The summed E-state index contributed by atoms with van der Waals surface area (Å²) in [6.45, 7) is 0. The zero-order valence-electron chi connectivity index (χ0n) is 14.9. The Morgan fingerprint density at radius 2 is 1.00 bits per heavy atom. The first-order chi connectivity index (χ1) is 13.2. The molecule has 1 aliphatic carbocycles. The van der Waals surface area contributed by atoms with Crippen molar-refractivity contribution in [2.45, 2.75) is 5.92 Å². The summed E-state index contributed by atoms with van der Waals surface area (Å²) in [6, 6.07) is 31.6. The Labute approximate surface area is 159 Å². The summed E-state index contributed by atoms with van der Waals surface area (Å²) in [5.41, 5.74) is 22.6. The first kappa shape index (κ1) is 15.7. The fraction of sp³-hybridized carbons (Fsp3) is 0.0400. The van der Waals surface area contributed by atoms with Crippen LogP contribution < -0.4 is 11.5 Å². The lowest BCUT2D eigenvalue weighted by Gasteiger charge is -2.30. The molecule has 2 heteroatoms. The van der Waals surface area contributed by atoms with Gasteiger partial charge in [0.25, 0.3) is 0 Å². The maximum absolute atomic E-state index is 5.94. The van der Waals surface area contributed by atoms with Gasteiger partial charge in [0.1, 0.15) is 0 Å². The number of rotatable bonds is 3. The standard InChI is InChI=1S/C25H20N2/c26-18-12-8-16(9-13-18)24(17-10-14-19(27)15-11-17)23-7-3-6-22-20-4-1-2-5-21(20)25(22)23/h1-15,24H,26-27H2. The van der Waals surface area contributed by atoms with Crippen LogP contribution in [0.1, 0.15) is 22.6 Å². The molecule has 0 aromatic heterocycles. The van der Waals surface area contributed by atoms with Gasteiger partial charge >= 0.3 is 0 Å². The summed E-state index contributed by atoms with van der Waals surface area (Å²) in [5, 5.41) is 0. The number of hydrogen-bond acceptors (Lipinski definition) is 2. The number of anilines is 2. The number of nitrogen functional groups attached to an aromatic ring is 2. The fourth-order valence-electron chi connectivity index (χ4n) is 4.14. The second-order valence-electron chi connectivity index (χ2n) is 7.08. The second-order valence-corrected chi connectivity index (χ2v) is 7.08. The third kappa shape index (κ3) is 2.49. The molecule has 0 unspecified atom stereocenters. The van der Waals surface area contributed by atoms with E-state index < -0.39 is 0 Å². The van der Waals surface area contributed by atoms with Gasteiger partial charge in [-0.15, -0.1) is 0 Å². The van der Waals surface area contributed by atoms with E-state index in [1.54, 1.807) is 0 Å². The molecule has 0 spiro atoms. The van der Waals surface area contributed by atoms with Gasteiger partial charge in [0.2, 0.25) is 0 Å². The second kappa shape index (κ2) is 6.03. The van der Waals surface area contributed by atoms with E-state index in [1.165, 1.54) is 38.9 Å². The Morgan fingerprint density at radius 3 is 1.59 bits per heavy atom. The number of nitrogens with two attached hydrogens (primary N) is 2. The van der Waals surface area contributed by atoms with Gasteiger partial charge in [-0.2, -0.15) is 0 Å². The minimum atomic E-state index is 0.134. The molecule has 0 amide bonds. The van der Waals surface area contributed by atoms with Crippen molar-refractivity contribution in [3.8, 4) is 22.3 Å². The summed E-state index contributed by atoms with van der Waals surface area (Å²) in [4.78, 5) is 0. The molecule has 4 N–H and O–H groups in total.